The normalized spacial score (nSPS) is 17.5. The Kier molecular flexibility index (Phi) is 4.80. The zero-order chi connectivity index (χ0) is 13.8. The number of hydrogen-bond donors (Lipinski definition) is 2. The molecule has 0 unspecified atom stereocenters. The Labute approximate surface area is 114 Å². The maximum atomic E-state index is 9.94. The second-order valence-electron chi connectivity index (χ2n) is 5.47. The number of nitrogens with zero attached hydrogens (tertiary/aromatic N) is 1. The lowest BCUT2D eigenvalue weighted by molar-refractivity contribution is -0.0101. The Bertz CT molecular complexity index is 420. The molecule has 0 fully saturated rings. The van der Waals surface area contributed by atoms with Gasteiger partial charge in [0.2, 0.25) is 0 Å². The van der Waals surface area contributed by atoms with Crippen LogP contribution in [-0.2, 0) is 17.7 Å². The average molecular weight is 265 g/mol. The zero-order valence-electron chi connectivity index (χ0n) is 11.7. The fourth-order valence-electron chi connectivity index (χ4n) is 2.41. The van der Waals surface area contributed by atoms with Crippen molar-refractivity contribution in [2.45, 2.75) is 39.0 Å². The molecule has 0 aromatic heterocycles. The Hall–Kier alpha value is -1.10. The van der Waals surface area contributed by atoms with Gasteiger partial charge in [-0.05, 0) is 43.5 Å². The van der Waals surface area contributed by atoms with E-state index in [2.05, 4.69) is 4.90 Å². The van der Waals surface area contributed by atoms with E-state index in [0.29, 0.717) is 18.9 Å². The van der Waals surface area contributed by atoms with Gasteiger partial charge in [0.25, 0.3) is 0 Å². The SMILES string of the molecule is CC(C)OC[C@H](O)CN1CCc2ccc(O)cc2C1. The zero-order valence-corrected chi connectivity index (χ0v) is 11.7. The van der Waals surface area contributed by atoms with Gasteiger partial charge in [-0.2, -0.15) is 0 Å². The fourth-order valence-corrected chi connectivity index (χ4v) is 2.41. The number of β-amino-alcohol motifs (C(OH)–C–C–N with tert-alkyl or cyclic N) is 1. The van der Waals surface area contributed by atoms with Crippen molar-refractivity contribution in [1.29, 1.82) is 0 Å². The number of phenolic OH excluding ortho intramolecular Hbond substituents is 1. The molecule has 1 aliphatic heterocycles. The van der Waals surface area contributed by atoms with Crippen molar-refractivity contribution >= 4 is 0 Å². The van der Waals surface area contributed by atoms with Crippen LogP contribution >= 0.6 is 0 Å². The first-order valence-electron chi connectivity index (χ1n) is 6.87. The molecule has 1 aliphatic rings. The lowest BCUT2D eigenvalue weighted by Crippen LogP contribution is -2.38. The molecule has 0 aliphatic carbocycles. The molecule has 0 spiro atoms. The van der Waals surface area contributed by atoms with Gasteiger partial charge in [-0.1, -0.05) is 6.07 Å². The van der Waals surface area contributed by atoms with Crippen molar-refractivity contribution in [3.8, 4) is 5.75 Å². The van der Waals surface area contributed by atoms with Gasteiger partial charge >= 0.3 is 0 Å². The number of fused-ring (bicyclic) bond motifs is 1. The van der Waals surface area contributed by atoms with E-state index in [1.807, 2.05) is 26.0 Å². The summed E-state index contributed by atoms with van der Waals surface area (Å²) in [5.41, 5.74) is 2.45. The summed E-state index contributed by atoms with van der Waals surface area (Å²) in [6, 6.07) is 5.54. The van der Waals surface area contributed by atoms with E-state index < -0.39 is 6.10 Å². The van der Waals surface area contributed by atoms with E-state index in [1.165, 1.54) is 5.56 Å². The smallest absolute Gasteiger partial charge is 0.115 e. The van der Waals surface area contributed by atoms with Crippen molar-refractivity contribution in [3.05, 3.63) is 29.3 Å². The summed E-state index contributed by atoms with van der Waals surface area (Å²) in [4.78, 5) is 2.20. The highest BCUT2D eigenvalue weighted by atomic mass is 16.5. The van der Waals surface area contributed by atoms with Crippen molar-refractivity contribution < 1.29 is 14.9 Å². The van der Waals surface area contributed by atoms with E-state index in [9.17, 15) is 10.2 Å². The van der Waals surface area contributed by atoms with E-state index in [-0.39, 0.29) is 6.10 Å². The van der Waals surface area contributed by atoms with E-state index in [1.54, 1.807) is 6.07 Å². The maximum Gasteiger partial charge on any atom is 0.115 e. The molecule has 0 saturated carbocycles. The topological polar surface area (TPSA) is 52.9 Å². The molecule has 0 amide bonds. The summed E-state index contributed by atoms with van der Waals surface area (Å²) in [5.74, 6) is 0.310. The Morgan fingerprint density at radius 1 is 1.32 bits per heavy atom. The largest absolute Gasteiger partial charge is 0.508 e. The minimum atomic E-state index is -0.457. The third kappa shape index (κ3) is 4.20. The third-order valence-corrected chi connectivity index (χ3v) is 3.37. The Morgan fingerprint density at radius 2 is 2.11 bits per heavy atom. The van der Waals surface area contributed by atoms with Crippen LogP contribution < -0.4 is 0 Å². The first-order valence-corrected chi connectivity index (χ1v) is 6.87. The molecule has 4 heteroatoms. The van der Waals surface area contributed by atoms with Gasteiger partial charge in [-0.3, -0.25) is 4.90 Å². The number of aromatic hydroxyl groups is 1. The second kappa shape index (κ2) is 6.37. The van der Waals surface area contributed by atoms with Crippen molar-refractivity contribution in [3.63, 3.8) is 0 Å². The van der Waals surface area contributed by atoms with Crippen LogP contribution in [0.1, 0.15) is 25.0 Å². The second-order valence-corrected chi connectivity index (χ2v) is 5.47. The first-order chi connectivity index (χ1) is 9.04. The predicted octanol–water partition coefficient (Wildman–Crippen LogP) is 1.54. The molecule has 4 nitrogen and oxygen atoms in total. The molecular weight excluding hydrogens is 242 g/mol. The molecule has 0 saturated heterocycles. The van der Waals surface area contributed by atoms with Crippen molar-refractivity contribution in [1.82, 2.24) is 4.90 Å². The van der Waals surface area contributed by atoms with Crippen LogP contribution in [0.15, 0.2) is 18.2 Å². The highest BCUT2D eigenvalue weighted by Crippen LogP contribution is 2.23. The minimum Gasteiger partial charge on any atom is -0.508 e. The van der Waals surface area contributed by atoms with Crippen LogP contribution in [0, 0.1) is 0 Å². The van der Waals surface area contributed by atoms with Crippen molar-refractivity contribution in [2.75, 3.05) is 19.7 Å². The molecule has 1 aromatic carbocycles. The molecule has 19 heavy (non-hydrogen) atoms. The fraction of sp³-hybridized carbons (Fsp3) is 0.600. The van der Waals surface area contributed by atoms with Gasteiger partial charge in [-0.25, -0.2) is 0 Å². The van der Waals surface area contributed by atoms with Gasteiger partial charge in [0.05, 0.1) is 18.8 Å². The Balaban J connectivity index is 1.87. The van der Waals surface area contributed by atoms with E-state index >= 15 is 0 Å². The quantitative estimate of drug-likeness (QED) is 0.848. The minimum absolute atomic E-state index is 0.147. The molecule has 0 bridgehead atoms. The van der Waals surface area contributed by atoms with Gasteiger partial charge in [0.1, 0.15) is 5.75 Å². The number of phenols is 1. The maximum absolute atomic E-state index is 9.94. The van der Waals surface area contributed by atoms with Gasteiger partial charge in [-0.15, -0.1) is 0 Å². The van der Waals surface area contributed by atoms with Crippen LogP contribution in [0.5, 0.6) is 5.75 Å². The number of rotatable bonds is 5. The molecular formula is C15H23NO3. The molecule has 2 N–H and O–H groups in total. The molecule has 0 radical (unpaired) electrons. The Morgan fingerprint density at radius 3 is 2.84 bits per heavy atom. The number of benzene rings is 1. The molecule has 1 atom stereocenters. The summed E-state index contributed by atoms with van der Waals surface area (Å²) in [6.07, 6.45) is 0.655. The summed E-state index contributed by atoms with van der Waals surface area (Å²) in [6.45, 7) is 6.64. The first kappa shape index (κ1) is 14.3. The highest BCUT2D eigenvalue weighted by Gasteiger charge is 2.19. The van der Waals surface area contributed by atoms with Crippen LogP contribution in [0.2, 0.25) is 0 Å². The third-order valence-electron chi connectivity index (χ3n) is 3.37. The number of aliphatic hydroxyl groups is 1. The standard InChI is InChI=1S/C15H23NO3/c1-11(2)19-10-15(18)9-16-6-5-12-3-4-14(17)7-13(12)8-16/h3-4,7,11,15,17-18H,5-6,8-10H2,1-2H3/t15-/m1/s1. The molecule has 106 valence electrons. The molecule has 2 rings (SSSR count). The summed E-state index contributed by atoms with van der Waals surface area (Å²) in [7, 11) is 0. The monoisotopic (exact) mass is 265 g/mol. The van der Waals surface area contributed by atoms with Crippen LogP contribution in [0.4, 0.5) is 0 Å². The van der Waals surface area contributed by atoms with Gasteiger partial charge in [0.15, 0.2) is 0 Å². The average Bonchev–Trinajstić information content (AvgIpc) is 2.36. The lowest BCUT2D eigenvalue weighted by Gasteiger charge is -2.30. The molecule has 1 aromatic rings. The van der Waals surface area contributed by atoms with E-state index in [4.69, 9.17) is 4.74 Å². The number of ether oxygens (including phenoxy) is 1. The number of aliphatic hydroxyl groups excluding tert-OH is 1. The van der Waals surface area contributed by atoms with E-state index in [0.717, 1.165) is 25.1 Å². The van der Waals surface area contributed by atoms with Gasteiger partial charge < -0.3 is 14.9 Å². The van der Waals surface area contributed by atoms with Crippen LogP contribution in [0.25, 0.3) is 0 Å². The lowest BCUT2D eigenvalue weighted by atomic mass is 9.99. The summed E-state index contributed by atoms with van der Waals surface area (Å²) in [5, 5.41) is 19.5. The highest BCUT2D eigenvalue weighted by molar-refractivity contribution is 5.36. The number of hydrogen-bond acceptors (Lipinski definition) is 4. The van der Waals surface area contributed by atoms with Crippen LogP contribution in [0.3, 0.4) is 0 Å². The van der Waals surface area contributed by atoms with Crippen LogP contribution in [-0.4, -0.2) is 47.0 Å². The predicted molar refractivity (Wildman–Crippen MR) is 74.2 cm³/mol. The summed E-state index contributed by atoms with van der Waals surface area (Å²) < 4.78 is 5.42. The van der Waals surface area contributed by atoms with Crippen molar-refractivity contribution in [2.24, 2.45) is 0 Å². The summed E-state index contributed by atoms with van der Waals surface area (Å²) >= 11 is 0. The van der Waals surface area contributed by atoms with Gasteiger partial charge in [0, 0.05) is 19.6 Å². The molecule has 1 heterocycles.